The van der Waals surface area contributed by atoms with Crippen molar-refractivity contribution in [1.29, 1.82) is 0 Å². The Hall–Kier alpha value is -2.54. The van der Waals surface area contributed by atoms with E-state index in [9.17, 15) is 9.59 Å². The maximum absolute atomic E-state index is 10.8. The van der Waals surface area contributed by atoms with Gasteiger partial charge in [0.1, 0.15) is 0 Å². The lowest BCUT2D eigenvalue weighted by Gasteiger charge is -1.94. The van der Waals surface area contributed by atoms with Gasteiger partial charge in [-0.3, -0.25) is 9.59 Å². The maximum Gasteiger partial charge on any atom is 0.217 e. The number of fused-ring (bicyclic) bond motifs is 1. The third kappa shape index (κ3) is 2.58. The van der Waals surface area contributed by atoms with Crippen LogP contribution in [0, 0.1) is 11.8 Å². The first-order valence-electron chi connectivity index (χ1n) is 5.50. The van der Waals surface area contributed by atoms with Gasteiger partial charge in [-0.15, -0.1) is 0 Å². The molecule has 0 aliphatic heterocycles. The molecule has 0 aliphatic rings. The summed E-state index contributed by atoms with van der Waals surface area (Å²) in [5.74, 6) is 5.68. The molecule has 0 atom stereocenters. The summed E-state index contributed by atoms with van der Waals surface area (Å²) in [4.78, 5) is 24.5. The Kier molecular flexibility index (Phi) is 3.44. The van der Waals surface area contributed by atoms with Gasteiger partial charge in [-0.25, -0.2) is 0 Å². The largest absolute Gasteiger partial charge is 0.360 e. The van der Waals surface area contributed by atoms with Gasteiger partial charge >= 0.3 is 0 Å². The maximum atomic E-state index is 10.8. The van der Waals surface area contributed by atoms with Gasteiger partial charge in [-0.05, 0) is 18.2 Å². The van der Waals surface area contributed by atoms with Crippen molar-refractivity contribution >= 4 is 23.1 Å². The van der Waals surface area contributed by atoms with Crippen molar-refractivity contribution in [3.63, 3.8) is 0 Å². The summed E-state index contributed by atoms with van der Waals surface area (Å²) in [6.45, 7) is 1.77. The molecule has 0 spiro atoms. The zero-order chi connectivity index (χ0) is 13.0. The van der Waals surface area contributed by atoms with Crippen LogP contribution in [0.2, 0.25) is 0 Å². The highest BCUT2D eigenvalue weighted by atomic mass is 16.1. The lowest BCUT2D eigenvalue weighted by molar-refractivity contribution is -0.118. The molecule has 0 unspecified atom stereocenters. The minimum Gasteiger partial charge on any atom is -0.360 e. The van der Waals surface area contributed by atoms with Crippen LogP contribution in [0.15, 0.2) is 24.4 Å². The van der Waals surface area contributed by atoms with E-state index in [1.165, 1.54) is 6.92 Å². The van der Waals surface area contributed by atoms with E-state index in [0.29, 0.717) is 12.1 Å². The predicted molar refractivity (Wildman–Crippen MR) is 69.2 cm³/mol. The van der Waals surface area contributed by atoms with Gasteiger partial charge in [0, 0.05) is 35.2 Å². The first-order chi connectivity index (χ1) is 8.70. The van der Waals surface area contributed by atoms with Crippen molar-refractivity contribution < 1.29 is 9.59 Å². The highest BCUT2D eigenvalue weighted by Gasteiger charge is 2.02. The normalized spacial score (nSPS) is 9.61. The fourth-order valence-electron chi connectivity index (χ4n) is 1.63. The van der Waals surface area contributed by atoms with E-state index >= 15 is 0 Å². The van der Waals surface area contributed by atoms with Crippen LogP contribution < -0.4 is 5.32 Å². The molecule has 0 fully saturated rings. The molecule has 18 heavy (non-hydrogen) atoms. The van der Waals surface area contributed by atoms with Crippen LogP contribution in [0.3, 0.4) is 0 Å². The van der Waals surface area contributed by atoms with Gasteiger partial charge < -0.3 is 10.3 Å². The Bertz CT molecular complexity index is 659. The number of hydrogen-bond acceptors (Lipinski definition) is 2. The second-order valence-electron chi connectivity index (χ2n) is 3.83. The molecule has 1 aromatic carbocycles. The number of aromatic nitrogens is 1. The highest BCUT2D eigenvalue weighted by Crippen LogP contribution is 2.17. The van der Waals surface area contributed by atoms with Crippen LogP contribution >= 0.6 is 0 Å². The Morgan fingerprint density at radius 1 is 1.50 bits per heavy atom. The van der Waals surface area contributed by atoms with E-state index in [1.807, 2.05) is 18.2 Å². The molecule has 0 aliphatic carbocycles. The van der Waals surface area contributed by atoms with E-state index in [4.69, 9.17) is 0 Å². The number of aromatic amines is 1. The lowest BCUT2D eigenvalue weighted by Crippen LogP contribution is -2.19. The minimum atomic E-state index is -0.103. The SMILES string of the molecule is CC(=O)NCC#Cc1ccc2[nH]cc(C=O)c2c1. The van der Waals surface area contributed by atoms with Crippen LogP contribution in [0.5, 0.6) is 0 Å². The zero-order valence-corrected chi connectivity index (χ0v) is 9.91. The number of amides is 1. The molecule has 0 saturated carbocycles. The van der Waals surface area contributed by atoms with Crippen molar-refractivity contribution in [1.82, 2.24) is 10.3 Å². The van der Waals surface area contributed by atoms with Gasteiger partial charge in [0.2, 0.25) is 5.91 Å². The molecule has 0 saturated heterocycles. The Morgan fingerprint density at radius 3 is 3.06 bits per heavy atom. The Balaban J connectivity index is 2.23. The monoisotopic (exact) mass is 240 g/mol. The number of carbonyl (C=O) groups excluding carboxylic acids is 2. The molecule has 1 aromatic heterocycles. The number of aldehydes is 1. The van der Waals surface area contributed by atoms with Crippen molar-refractivity contribution in [2.45, 2.75) is 6.92 Å². The fraction of sp³-hybridized carbons (Fsp3) is 0.143. The second kappa shape index (κ2) is 5.19. The molecule has 4 nitrogen and oxygen atoms in total. The van der Waals surface area contributed by atoms with E-state index in [0.717, 1.165) is 22.8 Å². The lowest BCUT2D eigenvalue weighted by atomic mass is 10.1. The van der Waals surface area contributed by atoms with Crippen molar-refractivity contribution in [3.8, 4) is 11.8 Å². The molecule has 4 heteroatoms. The summed E-state index contributed by atoms with van der Waals surface area (Å²) in [5.41, 5.74) is 2.34. The standard InChI is InChI=1S/C14H12N2O2/c1-10(18)15-6-2-3-11-4-5-14-13(7-11)12(9-17)8-16-14/h4-5,7-9,16H,6H2,1H3,(H,15,18). The summed E-state index contributed by atoms with van der Waals surface area (Å²) >= 11 is 0. The van der Waals surface area contributed by atoms with Crippen molar-refractivity contribution in [2.24, 2.45) is 0 Å². The summed E-state index contributed by atoms with van der Waals surface area (Å²) < 4.78 is 0. The first-order valence-corrected chi connectivity index (χ1v) is 5.50. The number of hydrogen-bond donors (Lipinski definition) is 2. The van der Waals surface area contributed by atoms with Crippen LogP contribution in [0.1, 0.15) is 22.8 Å². The van der Waals surface area contributed by atoms with Crippen LogP contribution in [0.4, 0.5) is 0 Å². The smallest absolute Gasteiger partial charge is 0.217 e. The number of carbonyl (C=O) groups is 2. The van der Waals surface area contributed by atoms with Gasteiger partial charge in [0.15, 0.2) is 6.29 Å². The third-order valence-electron chi connectivity index (χ3n) is 2.50. The van der Waals surface area contributed by atoms with E-state index in [1.54, 1.807) is 6.20 Å². The highest BCUT2D eigenvalue weighted by molar-refractivity contribution is 5.97. The van der Waals surface area contributed by atoms with E-state index in [2.05, 4.69) is 22.1 Å². The summed E-state index contributed by atoms with van der Waals surface area (Å²) in [5, 5.41) is 3.45. The van der Waals surface area contributed by atoms with Gasteiger partial charge in [0.05, 0.1) is 6.54 Å². The minimum absolute atomic E-state index is 0.103. The van der Waals surface area contributed by atoms with Gasteiger partial charge in [0.25, 0.3) is 0 Å². The summed E-state index contributed by atoms with van der Waals surface area (Å²) in [7, 11) is 0. The molecule has 1 heterocycles. The molecule has 2 N–H and O–H groups in total. The summed E-state index contributed by atoms with van der Waals surface area (Å²) in [6.07, 6.45) is 2.49. The van der Waals surface area contributed by atoms with E-state index in [-0.39, 0.29) is 5.91 Å². The third-order valence-corrected chi connectivity index (χ3v) is 2.50. The van der Waals surface area contributed by atoms with Crippen molar-refractivity contribution in [2.75, 3.05) is 6.54 Å². The van der Waals surface area contributed by atoms with Gasteiger partial charge in [-0.2, -0.15) is 0 Å². The number of benzene rings is 1. The zero-order valence-electron chi connectivity index (χ0n) is 9.91. The number of nitrogens with one attached hydrogen (secondary N) is 2. The summed E-state index contributed by atoms with van der Waals surface area (Å²) in [6, 6.07) is 5.61. The first kappa shape index (κ1) is 11.9. The average molecular weight is 240 g/mol. The Labute approximate surface area is 104 Å². The van der Waals surface area contributed by atoms with Crippen LogP contribution in [-0.2, 0) is 4.79 Å². The molecule has 0 bridgehead atoms. The second-order valence-corrected chi connectivity index (χ2v) is 3.83. The topological polar surface area (TPSA) is 62.0 Å². The molecular weight excluding hydrogens is 228 g/mol. The predicted octanol–water partition coefficient (Wildman–Crippen LogP) is 1.47. The number of H-pyrrole nitrogens is 1. The molecule has 90 valence electrons. The molecule has 0 radical (unpaired) electrons. The Morgan fingerprint density at radius 2 is 2.33 bits per heavy atom. The molecule has 2 rings (SSSR count). The van der Waals surface area contributed by atoms with E-state index < -0.39 is 0 Å². The molecule has 2 aromatic rings. The molecule has 1 amide bonds. The molecular formula is C14H12N2O2. The van der Waals surface area contributed by atoms with Crippen LogP contribution in [-0.4, -0.2) is 23.7 Å². The average Bonchev–Trinajstić information content (AvgIpc) is 2.76. The van der Waals surface area contributed by atoms with Crippen LogP contribution in [0.25, 0.3) is 10.9 Å². The van der Waals surface area contributed by atoms with Gasteiger partial charge in [-0.1, -0.05) is 11.8 Å². The number of rotatable bonds is 2. The quantitative estimate of drug-likeness (QED) is 0.616. The fourth-order valence-corrected chi connectivity index (χ4v) is 1.63. The van der Waals surface area contributed by atoms with Crippen molar-refractivity contribution in [3.05, 3.63) is 35.5 Å².